The normalized spacial score (nSPS) is 11.0. The fourth-order valence-corrected chi connectivity index (χ4v) is 1.66. The Morgan fingerprint density at radius 2 is 1.62 bits per heavy atom. The molecule has 2 aromatic carbocycles. The van der Waals surface area contributed by atoms with Gasteiger partial charge in [-0.25, -0.2) is 9.18 Å². The van der Waals surface area contributed by atoms with Crippen LogP contribution in [0.25, 0.3) is 6.08 Å². The van der Waals surface area contributed by atoms with Crippen molar-refractivity contribution in [1.29, 1.82) is 0 Å². The van der Waals surface area contributed by atoms with Crippen LogP contribution in [0.4, 0.5) is 4.39 Å². The van der Waals surface area contributed by atoms with E-state index in [2.05, 4.69) is 0 Å². The molecule has 5 heteroatoms. The first kappa shape index (κ1) is 14.9. The summed E-state index contributed by atoms with van der Waals surface area (Å²) in [6, 6.07) is 13.5. The Morgan fingerprint density at radius 3 is 2.19 bits per heavy atom. The van der Waals surface area contributed by atoms with Crippen LogP contribution in [0.2, 0.25) is 0 Å². The van der Waals surface area contributed by atoms with Crippen LogP contribution in [-0.2, 0) is 9.53 Å². The molecule has 2 aromatic rings. The minimum absolute atomic E-state index is 0.292. The molecule has 0 aliphatic carbocycles. The Morgan fingerprint density at radius 1 is 1.00 bits per heavy atom. The highest BCUT2D eigenvalue weighted by molar-refractivity contribution is 6.67. The number of hydrogen-bond donors (Lipinski definition) is 0. The molecule has 0 bridgehead atoms. The molecule has 0 aliphatic rings. The van der Waals surface area contributed by atoms with Crippen LogP contribution in [0.3, 0.4) is 0 Å². The zero-order valence-corrected chi connectivity index (χ0v) is 11.5. The average Bonchev–Trinajstić information content (AvgIpc) is 2.49. The molecular weight excluding hydrogens is 295 g/mol. The Bertz CT molecular complexity index is 678. The molecule has 2 rings (SSSR count). The summed E-state index contributed by atoms with van der Waals surface area (Å²) in [4.78, 5) is 23.2. The predicted octanol–water partition coefficient (Wildman–Crippen LogP) is 3.79. The molecule has 0 saturated heterocycles. The van der Waals surface area contributed by atoms with E-state index < -0.39 is 17.0 Å². The summed E-state index contributed by atoms with van der Waals surface area (Å²) < 4.78 is 17.8. The number of halogens is 2. The summed E-state index contributed by atoms with van der Waals surface area (Å²) >= 11 is 5.40. The van der Waals surface area contributed by atoms with Crippen molar-refractivity contribution in [3.8, 4) is 0 Å². The fraction of sp³-hybridized carbons (Fsp3) is 0. The molecule has 0 fully saturated rings. The summed E-state index contributed by atoms with van der Waals surface area (Å²) in [7, 11) is 0. The first-order chi connectivity index (χ1) is 10.1. The third-order valence-electron chi connectivity index (χ3n) is 2.57. The van der Waals surface area contributed by atoms with Gasteiger partial charge in [0.2, 0.25) is 0 Å². The van der Waals surface area contributed by atoms with Crippen molar-refractivity contribution < 1.29 is 18.7 Å². The lowest BCUT2D eigenvalue weighted by Crippen LogP contribution is -2.08. The second kappa shape index (κ2) is 6.81. The minimum Gasteiger partial charge on any atom is -0.418 e. The van der Waals surface area contributed by atoms with Crippen LogP contribution < -0.4 is 0 Å². The number of hydrogen-bond acceptors (Lipinski definition) is 3. The van der Waals surface area contributed by atoms with E-state index >= 15 is 0 Å². The largest absolute Gasteiger partial charge is 0.418 e. The van der Waals surface area contributed by atoms with Crippen molar-refractivity contribution in [1.82, 2.24) is 0 Å². The third-order valence-corrected chi connectivity index (χ3v) is 2.76. The van der Waals surface area contributed by atoms with E-state index in [4.69, 9.17) is 16.3 Å². The minimum atomic E-state index is -0.913. The molecule has 0 amide bonds. The monoisotopic (exact) mass is 304 g/mol. The van der Waals surface area contributed by atoms with Gasteiger partial charge in [0.25, 0.3) is 5.24 Å². The van der Waals surface area contributed by atoms with E-state index in [0.717, 1.165) is 0 Å². The van der Waals surface area contributed by atoms with Crippen molar-refractivity contribution in [3.63, 3.8) is 0 Å². The second-order valence-electron chi connectivity index (χ2n) is 4.09. The average molecular weight is 305 g/mol. The molecule has 0 atom stereocenters. The van der Waals surface area contributed by atoms with Crippen molar-refractivity contribution in [3.05, 3.63) is 77.3 Å². The van der Waals surface area contributed by atoms with Gasteiger partial charge in [0.05, 0.1) is 5.56 Å². The lowest BCUT2D eigenvalue weighted by Gasteiger charge is -2.05. The molecule has 0 unspecified atom stereocenters. The van der Waals surface area contributed by atoms with E-state index in [1.807, 2.05) is 0 Å². The van der Waals surface area contributed by atoms with E-state index in [-0.39, 0.29) is 5.76 Å². The predicted molar refractivity (Wildman–Crippen MR) is 77.1 cm³/mol. The molecule has 21 heavy (non-hydrogen) atoms. The smallest absolute Gasteiger partial charge is 0.343 e. The van der Waals surface area contributed by atoms with E-state index in [1.165, 1.54) is 30.3 Å². The van der Waals surface area contributed by atoms with Gasteiger partial charge < -0.3 is 4.74 Å². The van der Waals surface area contributed by atoms with Crippen LogP contribution in [0, 0.1) is 5.82 Å². The van der Waals surface area contributed by atoms with Gasteiger partial charge in [0.1, 0.15) is 5.82 Å². The van der Waals surface area contributed by atoms with Gasteiger partial charge in [-0.3, -0.25) is 4.79 Å². The molecule has 0 N–H and O–H groups in total. The number of carbonyl (C=O) groups is 2. The maximum absolute atomic E-state index is 12.8. The summed E-state index contributed by atoms with van der Waals surface area (Å²) in [5, 5.41) is -0.913. The quantitative estimate of drug-likeness (QED) is 0.373. The van der Waals surface area contributed by atoms with E-state index in [9.17, 15) is 14.0 Å². The van der Waals surface area contributed by atoms with Crippen LogP contribution >= 0.6 is 11.6 Å². The summed E-state index contributed by atoms with van der Waals surface area (Å²) in [5.74, 6) is -1.43. The van der Waals surface area contributed by atoms with Crippen molar-refractivity contribution in [2.45, 2.75) is 0 Å². The zero-order valence-electron chi connectivity index (χ0n) is 10.8. The van der Waals surface area contributed by atoms with E-state index in [0.29, 0.717) is 11.1 Å². The summed E-state index contributed by atoms with van der Waals surface area (Å²) in [6.45, 7) is 0. The maximum Gasteiger partial charge on any atom is 0.343 e. The number of benzene rings is 2. The van der Waals surface area contributed by atoms with Gasteiger partial charge >= 0.3 is 5.97 Å². The molecule has 0 aliphatic heterocycles. The fourth-order valence-electron chi connectivity index (χ4n) is 1.57. The van der Waals surface area contributed by atoms with E-state index in [1.54, 1.807) is 30.3 Å². The molecule has 106 valence electrons. The van der Waals surface area contributed by atoms with Crippen LogP contribution in [0.1, 0.15) is 15.9 Å². The molecule has 0 radical (unpaired) electrons. The van der Waals surface area contributed by atoms with Gasteiger partial charge in [0.15, 0.2) is 5.76 Å². The molecule has 0 aromatic heterocycles. The SMILES string of the molecule is O=C(Cl)C(=Cc1ccc(F)cc1)OC(=O)c1ccccc1. The highest BCUT2D eigenvalue weighted by Gasteiger charge is 2.15. The third kappa shape index (κ3) is 4.26. The first-order valence-electron chi connectivity index (χ1n) is 6.00. The lowest BCUT2D eigenvalue weighted by atomic mass is 10.2. The summed E-state index contributed by atoms with van der Waals surface area (Å²) in [6.07, 6.45) is 1.27. The van der Waals surface area contributed by atoms with Gasteiger partial charge in [-0.2, -0.15) is 0 Å². The number of esters is 1. The van der Waals surface area contributed by atoms with Crippen LogP contribution in [-0.4, -0.2) is 11.2 Å². The number of allylic oxidation sites excluding steroid dienone is 1. The Labute approximate surface area is 125 Å². The van der Waals surface area contributed by atoms with Crippen molar-refractivity contribution in [2.24, 2.45) is 0 Å². The van der Waals surface area contributed by atoms with Crippen molar-refractivity contribution >= 4 is 28.9 Å². The topological polar surface area (TPSA) is 43.4 Å². The zero-order chi connectivity index (χ0) is 15.2. The molecule has 0 saturated carbocycles. The van der Waals surface area contributed by atoms with Crippen LogP contribution in [0.15, 0.2) is 60.4 Å². The maximum atomic E-state index is 12.8. The van der Waals surface area contributed by atoms with Gasteiger partial charge in [-0.15, -0.1) is 0 Å². The Balaban J connectivity index is 2.22. The highest BCUT2D eigenvalue weighted by Crippen LogP contribution is 2.14. The first-order valence-corrected chi connectivity index (χ1v) is 6.38. The lowest BCUT2D eigenvalue weighted by molar-refractivity contribution is -0.110. The number of carbonyl (C=O) groups excluding carboxylic acids is 2. The molecule has 0 spiro atoms. The number of ether oxygens (including phenoxy) is 1. The van der Waals surface area contributed by atoms with Crippen LogP contribution in [0.5, 0.6) is 0 Å². The second-order valence-corrected chi connectivity index (χ2v) is 4.43. The molecule has 3 nitrogen and oxygen atoms in total. The van der Waals surface area contributed by atoms with Gasteiger partial charge in [-0.05, 0) is 47.5 Å². The number of rotatable bonds is 4. The standard InChI is InChI=1S/C16H10ClFO3/c17-15(19)14(10-11-6-8-13(18)9-7-11)21-16(20)12-4-2-1-3-5-12/h1-10H. The van der Waals surface area contributed by atoms with Gasteiger partial charge in [-0.1, -0.05) is 30.3 Å². The summed E-state index contributed by atoms with van der Waals surface area (Å²) in [5.41, 5.74) is 0.779. The van der Waals surface area contributed by atoms with Crippen molar-refractivity contribution in [2.75, 3.05) is 0 Å². The molecule has 0 heterocycles. The Kier molecular flexibility index (Phi) is 4.85. The Hall–Kier alpha value is -2.46. The highest BCUT2D eigenvalue weighted by atomic mass is 35.5. The van der Waals surface area contributed by atoms with Gasteiger partial charge in [0, 0.05) is 0 Å². The molecular formula is C16H10ClFO3.